The standard InChI is InChI=1S/C18H20FNO/c19-17-8-4-7-15(9-17)18-12-20(11-16(18)13-21)10-14-5-2-1-3-6-14/h1-9,16,18,21H,10-13H2. The van der Waals surface area contributed by atoms with Crippen molar-refractivity contribution in [2.45, 2.75) is 12.5 Å². The Morgan fingerprint density at radius 2 is 1.86 bits per heavy atom. The lowest BCUT2D eigenvalue weighted by Crippen LogP contribution is -2.20. The average molecular weight is 285 g/mol. The van der Waals surface area contributed by atoms with Crippen LogP contribution in [-0.4, -0.2) is 29.7 Å². The largest absolute Gasteiger partial charge is 0.396 e. The van der Waals surface area contributed by atoms with Crippen molar-refractivity contribution < 1.29 is 9.50 Å². The molecule has 1 saturated heterocycles. The normalized spacial score (nSPS) is 22.6. The van der Waals surface area contributed by atoms with E-state index in [-0.39, 0.29) is 24.3 Å². The highest BCUT2D eigenvalue weighted by atomic mass is 19.1. The van der Waals surface area contributed by atoms with Crippen LogP contribution >= 0.6 is 0 Å². The predicted octanol–water partition coefficient (Wildman–Crippen LogP) is 3.03. The van der Waals surface area contributed by atoms with Gasteiger partial charge in [-0.25, -0.2) is 4.39 Å². The Kier molecular flexibility index (Phi) is 4.32. The average Bonchev–Trinajstić information content (AvgIpc) is 2.91. The quantitative estimate of drug-likeness (QED) is 0.933. The van der Waals surface area contributed by atoms with Gasteiger partial charge in [0.2, 0.25) is 0 Å². The molecule has 0 amide bonds. The van der Waals surface area contributed by atoms with Crippen LogP contribution in [0.5, 0.6) is 0 Å². The third kappa shape index (κ3) is 3.31. The first-order chi connectivity index (χ1) is 10.3. The molecule has 2 aromatic carbocycles. The fraction of sp³-hybridized carbons (Fsp3) is 0.333. The molecule has 2 unspecified atom stereocenters. The van der Waals surface area contributed by atoms with Gasteiger partial charge >= 0.3 is 0 Å². The summed E-state index contributed by atoms with van der Waals surface area (Å²) in [5, 5.41) is 9.63. The topological polar surface area (TPSA) is 23.5 Å². The van der Waals surface area contributed by atoms with E-state index in [2.05, 4.69) is 17.0 Å². The molecule has 1 N–H and O–H groups in total. The van der Waals surface area contributed by atoms with Gasteiger partial charge in [-0.05, 0) is 23.3 Å². The van der Waals surface area contributed by atoms with E-state index in [0.717, 1.165) is 25.2 Å². The molecule has 1 fully saturated rings. The van der Waals surface area contributed by atoms with Crippen molar-refractivity contribution in [1.82, 2.24) is 4.90 Å². The number of aliphatic hydroxyl groups excluding tert-OH is 1. The van der Waals surface area contributed by atoms with Gasteiger partial charge < -0.3 is 5.11 Å². The lowest BCUT2D eigenvalue weighted by Gasteiger charge is -2.16. The minimum absolute atomic E-state index is 0.145. The summed E-state index contributed by atoms with van der Waals surface area (Å²) in [4.78, 5) is 2.34. The zero-order chi connectivity index (χ0) is 14.7. The SMILES string of the molecule is OCC1CN(Cc2ccccc2)CC1c1cccc(F)c1. The highest BCUT2D eigenvalue weighted by Crippen LogP contribution is 2.33. The number of hydrogen-bond acceptors (Lipinski definition) is 2. The molecule has 0 aromatic heterocycles. The summed E-state index contributed by atoms with van der Waals surface area (Å²) in [6, 6.07) is 17.1. The molecule has 2 aromatic rings. The Hall–Kier alpha value is -1.71. The monoisotopic (exact) mass is 285 g/mol. The van der Waals surface area contributed by atoms with E-state index in [0.29, 0.717) is 0 Å². The lowest BCUT2D eigenvalue weighted by atomic mass is 9.89. The molecule has 0 aliphatic carbocycles. The molecule has 1 heterocycles. The molecule has 1 aliphatic heterocycles. The third-order valence-corrected chi connectivity index (χ3v) is 4.28. The molecule has 1 aliphatic rings. The van der Waals surface area contributed by atoms with Crippen LogP contribution in [0.15, 0.2) is 54.6 Å². The summed E-state index contributed by atoms with van der Waals surface area (Å²) in [5.74, 6) is 0.177. The fourth-order valence-electron chi connectivity index (χ4n) is 3.23. The Labute approximate surface area is 124 Å². The first-order valence-electron chi connectivity index (χ1n) is 7.39. The second-order valence-corrected chi connectivity index (χ2v) is 5.78. The summed E-state index contributed by atoms with van der Waals surface area (Å²) < 4.78 is 13.4. The summed E-state index contributed by atoms with van der Waals surface area (Å²) in [7, 11) is 0. The van der Waals surface area contributed by atoms with E-state index in [9.17, 15) is 9.50 Å². The molecule has 110 valence electrons. The van der Waals surface area contributed by atoms with Gasteiger partial charge in [0.05, 0.1) is 0 Å². The van der Waals surface area contributed by atoms with Crippen LogP contribution in [-0.2, 0) is 6.54 Å². The maximum absolute atomic E-state index is 13.4. The Bertz CT molecular complexity index is 587. The zero-order valence-corrected chi connectivity index (χ0v) is 12.0. The van der Waals surface area contributed by atoms with Gasteiger partial charge in [-0.2, -0.15) is 0 Å². The zero-order valence-electron chi connectivity index (χ0n) is 12.0. The maximum atomic E-state index is 13.4. The van der Waals surface area contributed by atoms with Crippen LogP contribution in [0.3, 0.4) is 0 Å². The van der Waals surface area contributed by atoms with Crippen molar-refractivity contribution in [2.75, 3.05) is 19.7 Å². The Morgan fingerprint density at radius 3 is 2.57 bits per heavy atom. The number of benzene rings is 2. The van der Waals surface area contributed by atoms with E-state index < -0.39 is 0 Å². The van der Waals surface area contributed by atoms with E-state index in [1.54, 1.807) is 12.1 Å². The molecule has 3 rings (SSSR count). The van der Waals surface area contributed by atoms with Crippen molar-refractivity contribution in [3.05, 3.63) is 71.5 Å². The molecule has 0 saturated carbocycles. The highest BCUT2D eigenvalue weighted by Gasteiger charge is 2.33. The molecule has 0 bridgehead atoms. The van der Waals surface area contributed by atoms with Crippen molar-refractivity contribution in [3.63, 3.8) is 0 Å². The second-order valence-electron chi connectivity index (χ2n) is 5.78. The van der Waals surface area contributed by atoms with Crippen molar-refractivity contribution in [3.8, 4) is 0 Å². The van der Waals surface area contributed by atoms with Crippen molar-refractivity contribution in [2.24, 2.45) is 5.92 Å². The summed E-state index contributed by atoms with van der Waals surface area (Å²) >= 11 is 0. The number of aliphatic hydroxyl groups is 1. The molecule has 2 atom stereocenters. The predicted molar refractivity (Wildman–Crippen MR) is 81.4 cm³/mol. The first kappa shape index (κ1) is 14.2. The van der Waals surface area contributed by atoms with Gasteiger partial charge in [0.25, 0.3) is 0 Å². The van der Waals surface area contributed by atoms with Crippen LogP contribution in [0.25, 0.3) is 0 Å². The summed E-state index contributed by atoms with van der Waals surface area (Å²) in [6.45, 7) is 2.74. The third-order valence-electron chi connectivity index (χ3n) is 4.28. The van der Waals surface area contributed by atoms with Crippen molar-refractivity contribution >= 4 is 0 Å². The smallest absolute Gasteiger partial charge is 0.123 e. The minimum atomic E-state index is -0.203. The Balaban J connectivity index is 1.74. The lowest BCUT2D eigenvalue weighted by molar-refractivity contribution is 0.214. The molecule has 2 nitrogen and oxygen atoms in total. The maximum Gasteiger partial charge on any atom is 0.123 e. The molecular formula is C18H20FNO. The van der Waals surface area contributed by atoms with Crippen LogP contribution in [0.2, 0.25) is 0 Å². The number of halogens is 1. The van der Waals surface area contributed by atoms with Gasteiger partial charge in [-0.3, -0.25) is 4.90 Å². The Morgan fingerprint density at radius 1 is 1.05 bits per heavy atom. The summed E-state index contributed by atoms with van der Waals surface area (Å²) in [6.07, 6.45) is 0. The van der Waals surface area contributed by atoms with Crippen molar-refractivity contribution in [1.29, 1.82) is 0 Å². The summed E-state index contributed by atoms with van der Waals surface area (Å²) in [5.41, 5.74) is 2.26. The van der Waals surface area contributed by atoms with Crippen LogP contribution in [0, 0.1) is 11.7 Å². The number of nitrogens with zero attached hydrogens (tertiary/aromatic N) is 1. The molecule has 21 heavy (non-hydrogen) atoms. The van der Waals surface area contributed by atoms with Crippen LogP contribution in [0.1, 0.15) is 17.0 Å². The number of hydrogen-bond donors (Lipinski definition) is 1. The number of likely N-dealkylation sites (tertiary alicyclic amines) is 1. The molecular weight excluding hydrogens is 265 g/mol. The van der Waals surface area contributed by atoms with E-state index >= 15 is 0 Å². The number of rotatable bonds is 4. The van der Waals surface area contributed by atoms with Gasteiger partial charge in [-0.1, -0.05) is 42.5 Å². The van der Waals surface area contributed by atoms with E-state index in [4.69, 9.17) is 0 Å². The highest BCUT2D eigenvalue weighted by molar-refractivity contribution is 5.24. The van der Waals surface area contributed by atoms with Gasteiger partial charge in [-0.15, -0.1) is 0 Å². The molecule has 3 heteroatoms. The van der Waals surface area contributed by atoms with Gasteiger partial charge in [0.1, 0.15) is 5.82 Å². The van der Waals surface area contributed by atoms with E-state index in [1.807, 2.05) is 24.3 Å². The van der Waals surface area contributed by atoms with Crippen LogP contribution in [0.4, 0.5) is 4.39 Å². The van der Waals surface area contributed by atoms with E-state index in [1.165, 1.54) is 11.6 Å². The van der Waals surface area contributed by atoms with Gasteiger partial charge in [0, 0.05) is 38.1 Å². The molecule has 0 radical (unpaired) electrons. The van der Waals surface area contributed by atoms with Crippen LogP contribution < -0.4 is 0 Å². The minimum Gasteiger partial charge on any atom is -0.396 e. The molecule has 0 spiro atoms. The first-order valence-corrected chi connectivity index (χ1v) is 7.39. The second kappa shape index (κ2) is 6.37. The van der Waals surface area contributed by atoms with Gasteiger partial charge in [0.15, 0.2) is 0 Å². The fourth-order valence-corrected chi connectivity index (χ4v) is 3.23.